The molecule has 1 unspecified atom stereocenters. The molecule has 2 N–H and O–H groups in total. The molecule has 1 aliphatic rings. The van der Waals surface area contributed by atoms with Crippen LogP contribution in [-0.2, 0) is 0 Å². The normalized spacial score (nSPS) is 16.4. The molecule has 4 nitrogen and oxygen atoms in total. The van der Waals surface area contributed by atoms with E-state index in [1.807, 2.05) is 18.2 Å². The second kappa shape index (κ2) is 5.28. The first-order valence-electron chi connectivity index (χ1n) is 7.23. The van der Waals surface area contributed by atoms with E-state index in [-0.39, 0.29) is 11.7 Å². The van der Waals surface area contributed by atoms with Crippen molar-refractivity contribution in [3.05, 3.63) is 77.8 Å². The molecule has 3 aromatic rings. The van der Waals surface area contributed by atoms with E-state index in [9.17, 15) is 9.18 Å². The third-order valence-corrected chi connectivity index (χ3v) is 3.80. The molecule has 0 aliphatic carbocycles. The van der Waals surface area contributed by atoms with Crippen molar-refractivity contribution >= 4 is 11.6 Å². The van der Waals surface area contributed by atoms with Crippen molar-refractivity contribution in [2.45, 2.75) is 6.17 Å². The van der Waals surface area contributed by atoms with Gasteiger partial charge >= 0.3 is 0 Å². The van der Waals surface area contributed by atoms with E-state index in [2.05, 4.69) is 10.6 Å². The number of para-hydroxylation sites is 1. The molecule has 0 spiro atoms. The number of fused-ring (bicyclic) bond motifs is 1. The van der Waals surface area contributed by atoms with Crippen LogP contribution in [0.25, 0.3) is 11.3 Å². The molecule has 2 aromatic carbocycles. The number of hydrogen-bond acceptors (Lipinski definition) is 3. The fraction of sp³-hybridized carbons (Fsp3) is 0.0556. The molecular weight excluding hydrogens is 295 g/mol. The molecular formula is C18H13FN2O2. The zero-order valence-corrected chi connectivity index (χ0v) is 12.0. The lowest BCUT2D eigenvalue weighted by atomic mass is 10.1. The smallest absolute Gasteiger partial charge is 0.255 e. The van der Waals surface area contributed by atoms with Crippen LogP contribution in [0, 0.1) is 5.82 Å². The number of carbonyl (C=O) groups is 1. The van der Waals surface area contributed by atoms with Gasteiger partial charge < -0.3 is 15.1 Å². The summed E-state index contributed by atoms with van der Waals surface area (Å²) in [6.45, 7) is 0. The minimum atomic E-state index is -0.488. The van der Waals surface area contributed by atoms with E-state index in [0.717, 1.165) is 5.69 Å². The number of hydrogen-bond donors (Lipinski definition) is 2. The van der Waals surface area contributed by atoms with Gasteiger partial charge in [-0.15, -0.1) is 0 Å². The maximum atomic E-state index is 13.8. The highest BCUT2D eigenvalue weighted by Crippen LogP contribution is 2.30. The van der Waals surface area contributed by atoms with Crippen molar-refractivity contribution in [2.75, 3.05) is 5.32 Å². The minimum Gasteiger partial charge on any atom is -0.457 e. The summed E-state index contributed by atoms with van der Waals surface area (Å²) in [7, 11) is 0. The molecule has 23 heavy (non-hydrogen) atoms. The molecule has 2 heterocycles. The zero-order valence-electron chi connectivity index (χ0n) is 12.0. The first-order valence-corrected chi connectivity index (χ1v) is 7.23. The molecule has 4 rings (SSSR count). The van der Waals surface area contributed by atoms with Crippen LogP contribution in [-0.4, -0.2) is 5.91 Å². The van der Waals surface area contributed by atoms with Gasteiger partial charge in [-0.2, -0.15) is 0 Å². The molecule has 0 bridgehead atoms. The summed E-state index contributed by atoms with van der Waals surface area (Å²) in [5.74, 6) is 0.423. The number of nitrogens with one attached hydrogen (secondary N) is 2. The van der Waals surface area contributed by atoms with Crippen molar-refractivity contribution in [1.29, 1.82) is 0 Å². The van der Waals surface area contributed by atoms with Crippen LogP contribution < -0.4 is 10.6 Å². The molecule has 1 aliphatic heterocycles. The maximum absolute atomic E-state index is 13.8. The van der Waals surface area contributed by atoms with Crippen LogP contribution >= 0.6 is 0 Å². The van der Waals surface area contributed by atoms with Gasteiger partial charge in [0, 0.05) is 5.69 Å². The summed E-state index contributed by atoms with van der Waals surface area (Å²) in [6, 6.07) is 17.1. The number of anilines is 1. The Hall–Kier alpha value is -3.08. The fourth-order valence-corrected chi connectivity index (χ4v) is 2.66. The molecule has 0 saturated carbocycles. The fourth-order valence-electron chi connectivity index (χ4n) is 2.66. The SMILES string of the molecule is O=C1NC(c2ccc(-c3ccccc3F)o2)Nc2ccccc21. The standard InChI is InChI=1S/C18H13FN2O2/c19-13-7-3-1-5-11(13)15-9-10-16(23-15)17-20-14-8-4-2-6-12(14)18(22)21-17/h1-10,17,20H,(H,21,22). The first-order chi connectivity index (χ1) is 11.2. The molecule has 0 radical (unpaired) electrons. The Morgan fingerprint density at radius 3 is 2.43 bits per heavy atom. The second-order valence-electron chi connectivity index (χ2n) is 5.28. The number of carbonyl (C=O) groups excluding carboxylic acids is 1. The number of amides is 1. The van der Waals surface area contributed by atoms with Gasteiger partial charge in [-0.25, -0.2) is 4.39 Å². The highest BCUT2D eigenvalue weighted by atomic mass is 19.1. The lowest BCUT2D eigenvalue weighted by Gasteiger charge is -2.26. The van der Waals surface area contributed by atoms with Crippen LogP contribution in [0.15, 0.2) is 65.1 Å². The van der Waals surface area contributed by atoms with E-state index in [1.165, 1.54) is 6.07 Å². The maximum Gasteiger partial charge on any atom is 0.255 e. The Morgan fingerprint density at radius 2 is 1.61 bits per heavy atom. The van der Waals surface area contributed by atoms with E-state index in [0.29, 0.717) is 22.6 Å². The highest BCUT2D eigenvalue weighted by molar-refractivity contribution is 6.01. The van der Waals surface area contributed by atoms with Gasteiger partial charge in [-0.1, -0.05) is 24.3 Å². The van der Waals surface area contributed by atoms with E-state index >= 15 is 0 Å². The monoisotopic (exact) mass is 308 g/mol. The third kappa shape index (κ3) is 2.36. The van der Waals surface area contributed by atoms with Crippen molar-refractivity contribution in [2.24, 2.45) is 0 Å². The van der Waals surface area contributed by atoms with Gasteiger partial charge in [-0.3, -0.25) is 4.79 Å². The van der Waals surface area contributed by atoms with E-state index in [1.54, 1.807) is 36.4 Å². The van der Waals surface area contributed by atoms with Gasteiger partial charge in [0.25, 0.3) is 5.91 Å². The second-order valence-corrected chi connectivity index (χ2v) is 5.28. The van der Waals surface area contributed by atoms with Crippen molar-refractivity contribution in [1.82, 2.24) is 5.32 Å². The van der Waals surface area contributed by atoms with Crippen LogP contribution in [0.1, 0.15) is 22.3 Å². The van der Waals surface area contributed by atoms with Gasteiger partial charge in [0.1, 0.15) is 17.3 Å². The molecule has 0 fully saturated rings. The molecule has 0 saturated heterocycles. The average Bonchev–Trinajstić information content (AvgIpc) is 3.05. The van der Waals surface area contributed by atoms with Crippen LogP contribution in [0.4, 0.5) is 10.1 Å². The Bertz CT molecular complexity index is 888. The first kappa shape index (κ1) is 13.6. The lowest BCUT2D eigenvalue weighted by molar-refractivity contribution is 0.0931. The van der Waals surface area contributed by atoms with Crippen LogP contribution in [0.2, 0.25) is 0 Å². The van der Waals surface area contributed by atoms with Gasteiger partial charge in [0.05, 0.1) is 11.1 Å². The summed E-state index contributed by atoms with van der Waals surface area (Å²) >= 11 is 0. The van der Waals surface area contributed by atoms with Gasteiger partial charge in [0.15, 0.2) is 6.17 Å². The largest absolute Gasteiger partial charge is 0.457 e. The van der Waals surface area contributed by atoms with Gasteiger partial charge in [-0.05, 0) is 36.4 Å². The number of benzene rings is 2. The molecule has 1 amide bonds. The quantitative estimate of drug-likeness (QED) is 0.754. The molecule has 5 heteroatoms. The van der Waals surface area contributed by atoms with Gasteiger partial charge in [0.2, 0.25) is 0 Å². The summed E-state index contributed by atoms with van der Waals surface area (Å²) in [5, 5.41) is 6.03. The Morgan fingerprint density at radius 1 is 0.870 bits per heavy atom. The highest BCUT2D eigenvalue weighted by Gasteiger charge is 2.26. The number of rotatable bonds is 2. The lowest BCUT2D eigenvalue weighted by Crippen LogP contribution is -2.38. The third-order valence-electron chi connectivity index (χ3n) is 3.80. The summed E-state index contributed by atoms with van der Waals surface area (Å²) in [4.78, 5) is 12.1. The molecule has 1 atom stereocenters. The number of furan rings is 1. The Kier molecular flexibility index (Phi) is 3.12. The average molecular weight is 308 g/mol. The zero-order chi connectivity index (χ0) is 15.8. The summed E-state index contributed by atoms with van der Waals surface area (Å²) < 4.78 is 19.6. The Labute approximate surface area is 131 Å². The number of halogens is 1. The van der Waals surface area contributed by atoms with Crippen LogP contribution in [0.5, 0.6) is 0 Å². The minimum absolute atomic E-state index is 0.173. The van der Waals surface area contributed by atoms with Crippen molar-refractivity contribution in [3.8, 4) is 11.3 Å². The van der Waals surface area contributed by atoms with E-state index in [4.69, 9.17) is 4.42 Å². The predicted octanol–water partition coefficient (Wildman–Crippen LogP) is 3.94. The summed E-state index contributed by atoms with van der Waals surface area (Å²) in [5.41, 5.74) is 1.72. The van der Waals surface area contributed by atoms with Crippen molar-refractivity contribution < 1.29 is 13.6 Å². The molecule has 114 valence electrons. The topological polar surface area (TPSA) is 54.3 Å². The molecule has 1 aromatic heterocycles. The van der Waals surface area contributed by atoms with Crippen LogP contribution in [0.3, 0.4) is 0 Å². The predicted molar refractivity (Wildman–Crippen MR) is 84.4 cm³/mol. The summed E-state index contributed by atoms with van der Waals surface area (Å²) in [6.07, 6.45) is -0.488. The van der Waals surface area contributed by atoms with E-state index < -0.39 is 6.17 Å². The van der Waals surface area contributed by atoms with Crippen molar-refractivity contribution in [3.63, 3.8) is 0 Å². The Balaban J connectivity index is 1.66.